The van der Waals surface area contributed by atoms with Crippen LogP contribution in [0.5, 0.6) is 0 Å². The number of benzene rings is 1. The number of anilines is 3. The Bertz CT molecular complexity index is 880. The molecular formula is C21H26N6O2. The van der Waals surface area contributed by atoms with Gasteiger partial charge in [-0.15, -0.1) is 5.10 Å². The Morgan fingerprint density at radius 2 is 1.83 bits per heavy atom. The zero-order valence-electron chi connectivity index (χ0n) is 16.9. The van der Waals surface area contributed by atoms with Crippen molar-refractivity contribution < 1.29 is 9.59 Å². The van der Waals surface area contributed by atoms with E-state index in [0.29, 0.717) is 32.7 Å². The van der Waals surface area contributed by atoms with E-state index in [1.54, 1.807) is 11.1 Å². The minimum Gasteiger partial charge on any atom is -0.376 e. The molecule has 2 aromatic rings. The predicted molar refractivity (Wildman–Crippen MR) is 112 cm³/mol. The van der Waals surface area contributed by atoms with Gasteiger partial charge in [0.25, 0.3) is 0 Å². The van der Waals surface area contributed by atoms with Gasteiger partial charge in [0.05, 0.1) is 17.8 Å². The Labute approximate surface area is 170 Å². The summed E-state index contributed by atoms with van der Waals surface area (Å²) in [5, 5.41) is 8.33. The van der Waals surface area contributed by atoms with Gasteiger partial charge in [0.2, 0.25) is 11.8 Å². The van der Waals surface area contributed by atoms with Gasteiger partial charge in [-0.3, -0.25) is 9.59 Å². The van der Waals surface area contributed by atoms with Crippen LogP contribution in [0.2, 0.25) is 0 Å². The third-order valence-electron chi connectivity index (χ3n) is 5.60. The Kier molecular flexibility index (Phi) is 5.33. The first-order valence-corrected chi connectivity index (χ1v) is 9.92. The number of rotatable bonds is 4. The molecular weight excluding hydrogens is 368 g/mol. The molecule has 1 aromatic carbocycles. The summed E-state index contributed by atoms with van der Waals surface area (Å²) >= 11 is 0. The van der Waals surface area contributed by atoms with Crippen molar-refractivity contribution in [3.05, 3.63) is 42.6 Å². The monoisotopic (exact) mass is 394 g/mol. The summed E-state index contributed by atoms with van der Waals surface area (Å²) in [5.74, 6) is 0.647. The first kappa shape index (κ1) is 19.2. The first-order chi connectivity index (χ1) is 14.0. The van der Waals surface area contributed by atoms with Crippen molar-refractivity contribution in [2.24, 2.45) is 5.92 Å². The molecule has 0 N–H and O–H groups in total. The van der Waals surface area contributed by atoms with Gasteiger partial charge in [-0.2, -0.15) is 5.10 Å². The van der Waals surface area contributed by atoms with Crippen LogP contribution >= 0.6 is 0 Å². The molecule has 1 unspecified atom stereocenters. The lowest BCUT2D eigenvalue weighted by Crippen LogP contribution is -2.51. The average Bonchev–Trinajstić information content (AvgIpc) is 3.15. The van der Waals surface area contributed by atoms with Crippen LogP contribution in [0.4, 0.5) is 17.2 Å². The second-order valence-corrected chi connectivity index (χ2v) is 7.72. The van der Waals surface area contributed by atoms with Crippen LogP contribution in [-0.2, 0) is 9.59 Å². The maximum absolute atomic E-state index is 13.0. The van der Waals surface area contributed by atoms with Crippen molar-refractivity contribution in [1.82, 2.24) is 15.1 Å². The van der Waals surface area contributed by atoms with Crippen LogP contribution in [0.15, 0.2) is 42.6 Å². The fourth-order valence-electron chi connectivity index (χ4n) is 3.89. The number of amides is 2. The second kappa shape index (κ2) is 8.06. The molecule has 152 valence electrons. The smallest absolute Gasteiger partial charge is 0.228 e. The van der Waals surface area contributed by atoms with Crippen LogP contribution in [0.3, 0.4) is 0 Å². The summed E-state index contributed by atoms with van der Waals surface area (Å²) in [5.41, 5.74) is 1.86. The van der Waals surface area contributed by atoms with E-state index in [1.165, 1.54) is 0 Å². The molecule has 29 heavy (non-hydrogen) atoms. The number of hydrogen-bond donors (Lipinski definition) is 0. The molecule has 3 heterocycles. The van der Waals surface area contributed by atoms with Gasteiger partial charge in [0.1, 0.15) is 0 Å². The molecule has 2 amide bonds. The van der Waals surface area contributed by atoms with E-state index in [1.807, 2.05) is 60.3 Å². The van der Waals surface area contributed by atoms with Gasteiger partial charge in [0.15, 0.2) is 5.82 Å². The maximum atomic E-state index is 13.0. The molecule has 1 atom stereocenters. The first-order valence-electron chi connectivity index (χ1n) is 9.92. The van der Waals surface area contributed by atoms with Crippen LogP contribution in [0.1, 0.15) is 6.42 Å². The third-order valence-corrected chi connectivity index (χ3v) is 5.60. The van der Waals surface area contributed by atoms with Crippen LogP contribution in [0.25, 0.3) is 0 Å². The Balaban J connectivity index is 1.36. The molecule has 0 saturated carbocycles. The third kappa shape index (κ3) is 4.01. The van der Waals surface area contributed by atoms with Crippen molar-refractivity contribution in [2.45, 2.75) is 6.42 Å². The fraction of sp³-hybridized carbons (Fsp3) is 0.429. The highest BCUT2D eigenvalue weighted by Gasteiger charge is 2.38. The lowest BCUT2D eigenvalue weighted by molar-refractivity contribution is -0.136. The molecule has 1 aromatic heterocycles. The highest BCUT2D eigenvalue weighted by Crippen LogP contribution is 2.27. The molecule has 2 saturated heterocycles. The minimum atomic E-state index is -0.272. The van der Waals surface area contributed by atoms with Gasteiger partial charge < -0.3 is 19.6 Å². The molecule has 0 radical (unpaired) electrons. The standard InChI is InChI=1S/C21H26N6O2/c1-24(2)18-13-19(23-22-14-18)25-8-10-26(11-9-25)21(29)16-12-20(28)27(15-16)17-6-4-3-5-7-17/h3-7,13-14,16H,8-12,15H2,1-2H3. The van der Waals surface area contributed by atoms with Crippen molar-refractivity contribution >= 4 is 29.0 Å². The summed E-state index contributed by atoms with van der Waals surface area (Å²) in [6, 6.07) is 11.6. The number of carbonyl (C=O) groups is 2. The molecule has 2 aliphatic heterocycles. The van der Waals surface area contributed by atoms with Gasteiger partial charge in [-0.05, 0) is 12.1 Å². The summed E-state index contributed by atoms with van der Waals surface area (Å²) < 4.78 is 0. The lowest BCUT2D eigenvalue weighted by atomic mass is 10.1. The van der Waals surface area contributed by atoms with Crippen molar-refractivity contribution in [1.29, 1.82) is 0 Å². The number of hydrogen-bond acceptors (Lipinski definition) is 6. The van der Waals surface area contributed by atoms with Crippen LogP contribution < -0.4 is 14.7 Å². The average molecular weight is 394 g/mol. The second-order valence-electron chi connectivity index (χ2n) is 7.72. The van der Waals surface area contributed by atoms with Crippen molar-refractivity contribution in [2.75, 3.05) is 61.5 Å². The quantitative estimate of drug-likeness (QED) is 0.777. The number of aromatic nitrogens is 2. The molecule has 0 spiro atoms. The zero-order valence-corrected chi connectivity index (χ0v) is 16.9. The Morgan fingerprint density at radius 1 is 1.10 bits per heavy atom. The van der Waals surface area contributed by atoms with Crippen LogP contribution in [0, 0.1) is 5.92 Å². The van der Waals surface area contributed by atoms with Crippen LogP contribution in [-0.4, -0.2) is 73.7 Å². The number of nitrogens with zero attached hydrogens (tertiary/aromatic N) is 6. The van der Waals surface area contributed by atoms with E-state index in [-0.39, 0.29) is 24.2 Å². The van der Waals surface area contributed by atoms with Crippen molar-refractivity contribution in [3.63, 3.8) is 0 Å². The SMILES string of the molecule is CN(C)c1cnnc(N2CCN(C(=O)C3CC(=O)N(c4ccccc4)C3)CC2)c1. The fourth-order valence-corrected chi connectivity index (χ4v) is 3.89. The predicted octanol–water partition coefficient (Wildman–Crippen LogP) is 1.24. The van der Waals surface area contributed by atoms with E-state index in [9.17, 15) is 9.59 Å². The van der Waals surface area contributed by atoms with E-state index in [2.05, 4.69) is 15.1 Å². The number of carbonyl (C=O) groups excluding carboxylic acids is 2. The van der Waals surface area contributed by atoms with E-state index in [4.69, 9.17) is 0 Å². The van der Waals surface area contributed by atoms with E-state index < -0.39 is 0 Å². The molecule has 2 fully saturated rings. The Morgan fingerprint density at radius 3 is 2.52 bits per heavy atom. The lowest BCUT2D eigenvalue weighted by Gasteiger charge is -2.36. The Hall–Kier alpha value is -3.16. The van der Waals surface area contributed by atoms with Gasteiger partial charge in [0, 0.05) is 65.0 Å². The summed E-state index contributed by atoms with van der Waals surface area (Å²) in [4.78, 5) is 33.2. The highest BCUT2D eigenvalue weighted by atomic mass is 16.2. The number of piperazine rings is 1. The normalized spacial score (nSPS) is 19.6. The maximum Gasteiger partial charge on any atom is 0.228 e. The van der Waals surface area contributed by atoms with Gasteiger partial charge in [-0.1, -0.05) is 18.2 Å². The topological polar surface area (TPSA) is 72.9 Å². The molecule has 4 rings (SSSR count). The number of para-hydroxylation sites is 1. The molecule has 0 bridgehead atoms. The molecule has 8 heteroatoms. The van der Waals surface area contributed by atoms with E-state index >= 15 is 0 Å². The largest absolute Gasteiger partial charge is 0.376 e. The molecule has 8 nitrogen and oxygen atoms in total. The summed E-state index contributed by atoms with van der Waals surface area (Å²) in [6.07, 6.45) is 2.02. The summed E-state index contributed by atoms with van der Waals surface area (Å²) in [7, 11) is 3.94. The highest BCUT2D eigenvalue weighted by molar-refractivity contribution is 6.00. The van der Waals surface area contributed by atoms with E-state index in [0.717, 1.165) is 17.2 Å². The minimum absolute atomic E-state index is 0.0176. The molecule has 2 aliphatic rings. The van der Waals surface area contributed by atoms with Gasteiger partial charge >= 0.3 is 0 Å². The van der Waals surface area contributed by atoms with Gasteiger partial charge in [-0.25, -0.2) is 0 Å². The van der Waals surface area contributed by atoms with Crippen molar-refractivity contribution in [3.8, 4) is 0 Å². The zero-order chi connectivity index (χ0) is 20.4. The molecule has 0 aliphatic carbocycles. The summed E-state index contributed by atoms with van der Waals surface area (Å²) in [6.45, 7) is 3.13.